The number of halogens is 2. The van der Waals surface area contributed by atoms with Gasteiger partial charge in [0.2, 0.25) is 0 Å². The molecule has 3 aromatic rings. The lowest BCUT2D eigenvalue weighted by molar-refractivity contribution is -0.384. The summed E-state index contributed by atoms with van der Waals surface area (Å²) in [5, 5.41) is 15.4. The minimum atomic E-state index is -0.517. The molecule has 0 aliphatic carbocycles. The second-order valence-corrected chi connectivity index (χ2v) is 6.62. The molecule has 1 aromatic heterocycles. The van der Waals surface area contributed by atoms with E-state index in [-0.39, 0.29) is 5.69 Å². The van der Waals surface area contributed by atoms with Crippen LogP contribution in [-0.2, 0) is 0 Å². The third-order valence-corrected chi connectivity index (χ3v) is 4.42. The smallest absolute Gasteiger partial charge is 0.272 e. The molecule has 0 atom stereocenters. The molecular formula is C19H13Cl2N3O4. The molecule has 0 bridgehead atoms. The number of hydrazone groups is 1. The van der Waals surface area contributed by atoms with E-state index in [2.05, 4.69) is 10.5 Å². The predicted molar refractivity (Wildman–Crippen MR) is 107 cm³/mol. The SMILES string of the molecule is Cc1ccc(C(=O)N/N=C/c2ccc(-c3cc([N+](=O)[O-])ccc3Cl)o2)c(Cl)c1. The number of nitrogens with one attached hydrogen (secondary N) is 1. The zero-order chi connectivity index (χ0) is 20.3. The number of nitro benzene ring substituents is 1. The van der Waals surface area contributed by atoms with Gasteiger partial charge in [0.25, 0.3) is 11.6 Å². The summed E-state index contributed by atoms with van der Waals surface area (Å²) < 4.78 is 5.58. The van der Waals surface area contributed by atoms with Crippen molar-refractivity contribution < 1.29 is 14.1 Å². The van der Waals surface area contributed by atoms with Gasteiger partial charge >= 0.3 is 0 Å². The van der Waals surface area contributed by atoms with Crippen LogP contribution in [0.15, 0.2) is 58.0 Å². The van der Waals surface area contributed by atoms with E-state index in [0.29, 0.717) is 32.7 Å². The van der Waals surface area contributed by atoms with Crippen LogP contribution in [-0.4, -0.2) is 17.0 Å². The number of hydrogen-bond acceptors (Lipinski definition) is 5. The number of hydrogen-bond donors (Lipinski definition) is 1. The Morgan fingerprint density at radius 2 is 1.93 bits per heavy atom. The molecule has 0 aliphatic rings. The minimum Gasteiger partial charge on any atom is -0.455 e. The fourth-order valence-corrected chi connectivity index (χ4v) is 2.93. The quantitative estimate of drug-likeness (QED) is 0.348. The van der Waals surface area contributed by atoms with Crippen molar-refractivity contribution in [3.63, 3.8) is 0 Å². The minimum absolute atomic E-state index is 0.103. The zero-order valence-corrected chi connectivity index (χ0v) is 16.0. The number of nitro groups is 1. The number of furan rings is 1. The molecule has 0 radical (unpaired) electrons. The average molecular weight is 418 g/mol. The Morgan fingerprint density at radius 3 is 2.64 bits per heavy atom. The normalized spacial score (nSPS) is 11.0. The highest BCUT2D eigenvalue weighted by Crippen LogP contribution is 2.32. The average Bonchev–Trinajstić information content (AvgIpc) is 3.10. The molecule has 7 nitrogen and oxygen atoms in total. The monoisotopic (exact) mass is 417 g/mol. The van der Waals surface area contributed by atoms with Crippen molar-refractivity contribution in [1.29, 1.82) is 0 Å². The Balaban J connectivity index is 1.73. The summed E-state index contributed by atoms with van der Waals surface area (Å²) in [6, 6.07) is 12.3. The van der Waals surface area contributed by atoms with Crippen molar-refractivity contribution in [1.82, 2.24) is 5.43 Å². The maximum atomic E-state index is 12.1. The van der Waals surface area contributed by atoms with Gasteiger partial charge in [-0.15, -0.1) is 0 Å². The van der Waals surface area contributed by atoms with Crippen LogP contribution in [0.3, 0.4) is 0 Å². The maximum Gasteiger partial charge on any atom is 0.272 e. The van der Waals surface area contributed by atoms with Crippen molar-refractivity contribution in [2.75, 3.05) is 0 Å². The molecule has 0 spiro atoms. The lowest BCUT2D eigenvalue weighted by Crippen LogP contribution is -2.18. The molecule has 0 fully saturated rings. The van der Waals surface area contributed by atoms with Crippen LogP contribution in [0.4, 0.5) is 5.69 Å². The van der Waals surface area contributed by atoms with E-state index in [4.69, 9.17) is 27.6 Å². The lowest BCUT2D eigenvalue weighted by Gasteiger charge is -2.03. The van der Waals surface area contributed by atoms with Crippen LogP contribution in [0.5, 0.6) is 0 Å². The molecule has 142 valence electrons. The van der Waals surface area contributed by atoms with Gasteiger partial charge in [-0.05, 0) is 42.8 Å². The summed E-state index contributed by atoms with van der Waals surface area (Å²) in [7, 11) is 0. The van der Waals surface area contributed by atoms with Gasteiger partial charge in [-0.2, -0.15) is 5.10 Å². The molecule has 0 unspecified atom stereocenters. The molecule has 1 amide bonds. The van der Waals surface area contributed by atoms with Crippen LogP contribution in [0.2, 0.25) is 10.0 Å². The summed E-state index contributed by atoms with van der Waals surface area (Å²) >= 11 is 12.1. The van der Waals surface area contributed by atoms with E-state index in [9.17, 15) is 14.9 Å². The summed E-state index contributed by atoms with van der Waals surface area (Å²) in [6.45, 7) is 1.87. The molecule has 3 rings (SSSR count). The first-order chi connectivity index (χ1) is 13.3. The predicted octanol–water partition coefficient (Wildman–Crippen LogP) is 5.23. The third kappa shape index (κ3) is 4.39. The van der Waals surface area contributed by atoms with E-state index in [1.807, 2.05) is 6.92 Å². The number of rotatable bonds is 5. The topological polar surface area (TPSA) is 97.7 Å². The summed E-state index contributed by atoms with van der Waals surface area (Å²) in [4.78, 5) is 22.5. The second kappa shape index (κ2) is 8.24. The first-order valence-electron chi connectivity index (χ1n) is 7.99. The first-order valence-corrected chi connectivity index (χ1v) is 8.74. The van der Waals surface area contributed by atoms with Gasteiger partial charge < -0.3 is 4.42 Å². The Kier molecular flexibility index (Phi) is 5.77. The molecule has 1 heterocycles. The Morgan fingerprint density at radius 1 is 1.14 bits per heavy atom. The van der Waals surface area contributed by atoms with Gasteiger partial charge in [0.05, 0.1) is 26.7 Å². The lowest BCUT2D eigenvalue weighted by atomic mass is 10.1. The number of amides is 1. The zero-order valence-electron chi connectivity index (χ0n) is 14.5. The van der Waals surface area contributed by atoms with Crippen molar-refractivity contribution in [2.24, 2.45) is 5.10 Å². The molecule has 9 heteroatoms. The fourth-order valence-electron chi connectivity index (χ4n) is 2.40. The van der Waals surface area contributed by atoms with E-state index in [1.165, 1.54) is 24.4 Å². The molecule has 28 heavy (non-hydrogen) atoms. The van der Waals surface area contributed by atoms with E-state index < -0.39 is 10.8 Å². The standard InChI is InChI=1S/C19H13Cl2N3O4/c1-11-2-5-14(17(21)8-11)19(25)23-22-10-13-4-7-18(28-13)15-9-12(24(26)27)3-6-16(15)20/h2-10H,1H3,(H,23,25)/b22-10+. The second-order valence-electron chi connectivity index (χ2n) is 5.81. The van der Waals surface area contributed by atoms with Gasteiger partial charge in [-0.1, -0.05) is 29.3 Å². The van der Waals surface area contributed by atoms with Crippen LogP contribution in [0.25, 0.3) is 11.3 Å². The number of benzene rings is 2. The van der Waals surface area contributed by atoms with Crippen LogP contribution >= 0.6 is 23.2 Å². The molecule has 0 aliphatic heterocycles. The van der Waals surface area contributed by atoms with Gasteiger partial charge in [0.15, 0.2) is 0 Å². The third-order valence-electron chi connectivity index (χ3n) is 3.78. The van der Waals surface area contributed by atoms with Gasteiger partial charge in [0.1, 0.15) is 11.5 Å². The van der Waals surface area contributed by atoms with Crippen molar-refractivity contribution in [3.05, 3.63) is 85.6 Å². The Labute approximate surface area is 169 Å². The van der Waals surface area contributed by atoms with E-state index in [1.54, 1.807) is 30.3 Å². The van der Waals surface area contributed by atoms with Crippen molar-refractivity contribution >= 4 is 41.0 Å². The number of carbonyl (C=O) groups excluding carboxylic acids is 1. The van der Waals surface area contributed by atoms with E-state index in [0.717, 1.165) is 5.56 Å². The van der Waals surface area contributed by atoms with Crippen LogP contribution in [0, 0.1) is 17.0 Å². The number of carbonyl (C=O) groups is 1. The van der Waals surface area contributed by atoms with Crippen LogP contribution in [0.1, 0.15) is 21.7 Å². The highest BCUT2D eigenvalue weighted by Gasteiger charge is 2.14. The first kappa shape index (κ1) is 19.6. The highest BCUT2D eigenvalue weighted by molar-refractivity contribution is 6.34. The number of nitrogens with zero attached hydrogens (tertiary/aromatic N) is 2. The van der Waals surface area contributed by atoms with Crippen molar-refractivity contribution in [3.8, 4) is 11.3 Å². The fraction of sp³-hybridized carbons (Fsp3) is 0.0526. The Hall–Kier alpha value is -3.16. The molecular weight excluding hydrogens is 405 g/mol. The molecule has 1 N–H and O–H groups in total. The number of non-ortho nitro benzene ring substituents is 1. The van der Waals surface area contributed by atoms with Gasteiger partial charge in [-0.3, -0.25) is 14.9 Å². The largest absolute Gasteiger partial charge is 0.455 e. The molecule has 2 aromatic carbocycles. The number of aryl methyl sites for hydroxylation is 1. The summed E-state index contributed by atoms with van der Waals surface area (Å²) in [5.41, 5.74) is 3.88. The molecule has 0 saturated heterocycles. The van der Waals surface area contributed by atoms with Gasteiger partial charge in [0, 0.05) is 17.7 Å². The highest BCUT2D eigenvalue weighted by atomic mass is 35.5. The maximum absolute atomic E-state index is 12.1. The van der Waals surface area contributed by atoms with E-state index >= 15 is 0 Å². The van der Waals surface area contributed by atoms with Crippen molar-refractivity contribution in [2.45, 2.75) is 6.92 Å². The Bertz CT molecular complexity index is 1090. The molecule has 0 saturated carbocycles. The van der Waals surface area contributed by atoms with Crippen LogP contribution < -0.4 is 5.43 Å². The summed E-state index contributed by atoms with van der Waals surface area (Å²) in [6.07, 6.45) is 1.30. The summed E-state index contributed by atoms with van der Waals surface area (Å²) in [5.74, 6) is 0.200. The van der Waals surface area contributed by atoms with Gasteiger partial charge in [-0.25, -0.2) is 5.43 Å².